The van der Waals surface area contributed by atoms with Crippen LogP contribution in [0.2, 0.25) is 0 Å². The van der Waals surface area contributed by atoms with Crippen molar-refractivity contribution >= 4 is 135 Å². The molecule has 6 aliphatic rings. The highest BCUT2D eigenvalue weighted by molar-refractivity contribution is 7.03. The number of rotatable bonds is 1. The largest absolute Gasteiger partial charge is 0.310 e. The number of benzene rings is 13. The Kier molecular flexibility index (Phi) is 9.30. The second-order valence-electron chi connectivity index (χ2n) is 24.6. The highest BCUT2D eigenvalue weighted by atomic mass is 15.0. The van der Waals surface area contributed by atoms with Crippen LogP contribution in [0.5, 0.6) is 0 Å². The van der Waals surface area contributed by atoms with Crippen LogP contribution in [0.15, 0.2) is 267 Å². The molecule has 0 spiro atoms. The third-order valence-electron chi connectivity index (χ3n) is 20.5. The molecule has 0 fully saturated rings. The Hall–Kier alpha value is -10.5. The third-order valence-corrected chi connectivity index (χ3v) is 20.5. The fourth-order valence-electron chi connectivity index (χ4n) is 17.2. The van der Waals surface area contributed by atoms with E-state index in [1.165, 1.54) is 187 Å². The number of para-hydroxylation sites is 4. The number of nitrogens with zero attached hydrogens (tertiary/aromatic N) is 3. The van der Waals surface area contributed by atoms with E-state index in [-0.39, 0.29) is 0 Å². The van der Waals surface area contributed by atoms with Gasteiger partial charge in [-0.05, 0) is 151 Å². The van der Waals surface area contributed by atoms with Crippen LogP contribution < -0.4 is 49.2 Å². The van der Waals surface area contributed by atoms with Gasteiger partial charge in [0.1, 0.15) is 0 Å². The van der Waals surface area contributed by atoms with Gasteiger partial charge in [0.2, 0.25) is 20.1 Å². The Morgan fingerprint density at radius 2 is 0.721 bits per heavy atom. The maximum absolute atomic E-state index is 2.51. The first-order valence-electron chi connectivity index (χ1n) is 30.4. The van der Waals surface area contributed by atoms with Crippen LogP contribution >= 0.6 is 0 Å². The van der Waals surface area contributed by atoms with Gasteiger partial charge in [0.05, 0.1) is 16.6 Å². The number of fused-ring (bicyclic) bond motifs is 27. The molecule has 16 aromatic rings. The number of hydrogen-bond acceptors (Lipinski definition) is 0. The van der Waals surface area contributed by atoms with Crippen molar-refractivity contribution in [3.05, 3.63) is 278 Å². The summed E-state index contributed by atoms with van der Waals surface area (Å²) in [6.45, 7) is 5.50. The molecule has 394 valence electrons. The molecule has 0 N–H and O–H groups in total. The lowest BCUT2D eigenvalue weighted by Gasteiger charge is -2.25. The predicted molar refractivity (Wildman–Crippen MR) is 368 cm³/mol. The molecule has 0 bridgehead atoms. The topological polar surface area (TPSA) is 14.8 Å². The van der Waals surface area contributed by atoms with Gasteiger partial charge in [-0.2, -0.15) is 0 Å². The molecule has 6 aliphatic heterocycles. The molecule has 0 saturated carbocycles. The summed E-state index contributed by atoms with van der Waals surface area (Å²) in [6, 6.07) is 98.7. The standard InChI is InChI=1S/C30H18BN.2C25H16BN/c1-2-8-19(9-3-1)20-14-17-27-24(18-20)23-16-15-22-21-10-4-5-11-25(21)31-26-12-6-7-13-28(26)32(27)30(23)29(22)31;1-15-14-18-16-8-3-6-12-21(16)27-22-13-7-5-11-20(22)26-19-10-4-2-9-17(19)23(15)24(26)25(18)27;1-15-7-6-12-22-23(15)18-14-13-17-16-8-2-3-9-19(16)26-20-10-4-5-11-21(20)27(22)25(18)24(17)26/h1-18H;2*2-14H,1H3. The summed E-state index contributed by atoms with van der Waals surface area (Å²) in [5.74, 6) is 0. The van der Waals surface area contributed by atoms with Gasteiger partial charge in [-0.1, -0.05) is 235 Å². The van der Waals surface area contributed by atoms with Gasteiger partial charge in [0, 0.05) is 65.9 Å². The van der Waals surface area contributed by atoms with Gasteiger partial charge >= 0.3 is 0 Å². The summed E-state index contributed by atoms with van der Waals surface area (Å²) in [7, 11) is 0. The van der Waals surface area contributed by atoms with Crippen molar-refractivity contribution in [3.63, 3.8) is 0 Å². The van der Waals surface area contributed by atoms with Crippen molar-refractivity contribution in [2.45, 2.75) is 13.8 Å². The molecule has 22 rings (SSSR count). The van der Waals surface area contributed by atoms with Gasteiger partial charge in [0.15, 0.2) is 0 Å². The first-order chi connectivity index (χ1) is 42.6. The zero-order valence-electron chi connectivity index (χ0n) is 47.5. The summed E-state index contributed by atoms with van der Waals surface area (Å²) in [5.41, 5.74) is 38.8. The molecule has 6 heteroatoms. The number of aryl methyl sites for hydroxylation is 2. The molecule has 0 amide bonds. The van der Waals surface area contributed by atoms with Crippen LogP contribution in [0.25, 0.3) is 127 Å². The molecular formula is C80H50B3N3. The normalized spacial score (nSPS) is 13.2. The smallest absolute Gasteiger partial charge is 0.248 e. The van der Waals surface area contributed by atoms with E-state index in [9.17, 15) is 0 Å². The zero-order chi connectivity index (χ0) is 56.2. The average molecular weight is 1090 g/mol. The molecule has 0 saturated heterocycles. The minimum Gasteiger partial charge on any atom is -0.310 e. The maximum atomic E-state index is 2.51. The highest BCUT2D eigenvalue weighted by Crippen LogP contribution is 2.43. The first-order valence-corrected chi connectivity index (χ1v) is 30.4. The van der Waals surface area contributed by atoms with E-state index in [4.69, 9.17) is 0 Å². The summed E-state index contributed by atoms with van der Waals surface area (Å²) >= 11 is 0. The lowest BCUT2D eigenvalue weighted by Crippen LogP contribution is -2.53. The van der Waals surface area contributed by atoms with Gasteiger partial charge in [-0.25, -0.2) is 0 Å². The zero-order valence-corrected chi connectivity index (χ0v) is 47.5. The van der Waals surface area contributed by atoms with Crippen LogP contribution in [-0.4, -0.2) is 33.8 Å². The Morgan fingerprint density at radius 3 is 1.36 bits per heavy atom. The van der Waals surface area contributed by atoms with Crippen molar-refractivity contribution < 1.29 is 0 Å². The molecule has 9 heterocycles. The van der Waals surface area contributed by atoms with Gasteiger partial charge < -0.3 is 13.7 Å². The molecule has 0 aliphatic carbocycles. The molecule has 0 radical (unpaired) electrons. The molecule has 0 atom stereocenters. The second kappa shape index (κ2) is 17.1. The Labute approximate surface area is 498 Å². The van der Waals surface area contributed by atoms with Crippen molar-refractivity contribution in [3.8, 4) is 61.6 Å². The van der Waals surface area contributed by atoms with Gasteiger partial charge in [-0.15, -0.1) is 0 Å². The van der Waals surface area contributed by atoms with Crippen molar-refractivity contribution in [1.82, 2.24) is 13.7 Å². The molecule has 3 nitrogen and oxygen atoms in total. The summed E-state index contributed by atoms with van der Waals surface area (Å²) in [5, 5.41) is 8.19. The molecule has 13 aromatic carbocycles. The van der Waals surface area contributed by atoms with Crippen LogP contribution in [0, 0.1) is 13.8 Å². The minimum absolute atomic E-state index is 0.312. The Balaban J connectivity index is 0.0000000920. The van der Waals surface area contributed by atoms with Crippen LogP contribution in [0.1, 0.15) is 11.1 Å². The first kappa shape index (κ1) is 46.9. The SMILES string of the molecule is Cc1cc2c3ccccc3n3c2c2c1-c1ccccc1B2c1ccccc1-3.Cc1cccc2c1c1ccc3c4c1n2-c1ccccc1B4c1ccccc1-3.c1ccc(-c2ccc3c(c2)c2ccc4c5c2n3-c2ccccc2B5c2ccccc2-4)cc1. The van der Waals surface area contributed by atoms with Crippen molar-refractivity contribution in [1.29, 1.82) is 0 Å². The molecule has 86 heavy (non-hydrogen) atoms. The van der Waals surface area contributed by atoms with E-state index < -0.39 is 0 Å². The molecule has 3 aromatic heterocycles. The molecular weight excluding hydrogens is 1040 g/mol. The predicted octanol–water partition coefficient (Wildman–Crippen LogP) is 13.1. The fraction of sp³-hybridized carbons (Fsp3) is 0.0250. The molecule has 0 unspecified atom stereocenters. The van der Waals surface area contributed by atoms with Gasteiger partial charge in [-0.3, -0.25) is 0 Å². The summed E-state index contributed by atoms with van der Waals surface area (Å²) in [4.78, 5) is 0. The monoisotopic (exact) mass is 1090 g/mol. The lowest BCUT2D eigenvalue weighted by molar-refractivity contribution is 1.19. The average Bonchev–Trinajstić information content (AvgIpc) is 1.64. The highest BCUT2D eigenvalue weighted by Gasteiger charge is 2.44. The fourth-order valence-corrected chi connectivity index (χ4v) is 17.2. The summed E-state index contributed by atoms with van der Waals surface area (Å²) in [6.07, 6.45) is 0. The summed E-state index contributed by atoms with van der Waals surface area (Å²) < 4.78 is 7.52. The number of aromatic nitrogens is 3. The maximum Gasteiger partial charge on any atom is 0.248 e. The van der Waals surface area contributed by atoms with Crippen LogP contribution in [0.3, 0.4) is 0 Å². The second-order valence-corrected chi connectivity index (χ2v) is 24.6. The van der Waals surface area contributed by atoms with Crippen LogP contribution in [-0.2, 0) is 0 Å². The van der Waals surface area contributed by atoms with Gasteiger partial charge in [0.25, 0.3) is 0 Å². The van der Waals surface area contributed by atoms with E-state index in [1.54, 1.807) is 0 Å². The lowest BCUT2D eigenvalue weighted by atomic mass is 9.37. The third kappa shape index (κ3) is 5.91. The minimum atomic E-state index is 0.312. The van der Waals surface area contributed by atoms with E-state index >= 15 is 0 Å². The van der Waals surface area contributed by atoms with E-state index in [0.717, 1.165) is 0 Å². The van der Waals surface area contributed by atoms with Crippen molar-refractivity contribution in [2.24, 2.45) is 0 Å². The Morgan fingerprint density at radius 1 is 0.256 bits per heavy atom. The Bertz CT molecular complexity index is 5720. The number of hydrogen-bond donors (Lipinski definition) is 0. The van der Waals surface area contributed by atoms with Crippen LogP contribution in [0.4, 0.5) is 0 Å². The quantitative estimate of drug-likeness (QED) is 0.146. The van der Waals surface area contributed by atoms with Crippen molar-refractivity contribution in [2.75, 3.05) is 0 Å². The van der Waals surface area contributed by atoms with E-state index in [2.05, 4.69) is 294 Å². The van der Waals surface area contributed by atoms with E-state index in [0.29, 0.717) is 20.1 Å². The van der Waals surface area contributed by atoms with E-state index in [1.807, 2.05) is 0 Å².